The molecule has 0 unspecified atom stereocenters. The second kappa shape index (κ2) is 8.79. The Morgan fingerprint density at radius 2 is 1.88 bits per heavy atom. The molecule has 4 aromatic rings. The van der Waals surface area contributed by atoms with E-state index in [9.17, 15) is 4.79 Å². The van der Waals surface area contributed by atoms with Crippen LogP contribution in [0.25, 0.3) is 20.4 Å². The number of anilines is 1. The van der Waals surface area contributed by atoms with Crippen molar-refractivity contribution in [3.05, 3.63) is 53.0 Å². The summed E-state index contributed by atoms with van der Waals surface area (Å²) in [4.78, 5) is 27.8. The quantitative estimate of drug-likeness (QED) is 0.279. The number of rotatable bonds is 5. The maximum atomic E-state index is 12.5. The van der Waals surface area contributed by atoms with Gasteiger partial charge in [-0.3, -0.25) is 4.79 Å². The number of fused-ring (bicyclic) bond motifs is 5. The van der Waals surface area contributed by atoms with Crippen LogP contribution in [0.4, 0.5) is 5.69 Å². The zero-order valence-electron chi connectivity index (χ0n) is 18.6. The number of hydrogen-bond donors (Lipinski definition) is 1. The van der Waals surface area contributed by atoms with Crippen molar-refractivity contribution >= 4 is 55.1 Å². The van der Waals surface area contributed by atoms with Crippen molar-refractivity contribution in [2.24, 2.45) is 0 Å². The van der Waals surface area contributed by atoms with Crippen LogP contribution >= 0.6 is 23.1 Å². The van der Waals surface area contributed by atoms with Crippen molar-refractivity contribution in [3.63, 3.8) is 0 Å². The zero-order chi connectivity index (χ0) is 22.2. The highest BCUT2D eigenvalue weighted by atomic mass is 32.2. The molecule has 3 aromatic heterocycles. The van der Waals surface area contributed by atoms with Gasteiger partial charge in [-0.25, -0.2) is 15.0 Å². The molecule has 0 aliphatic heterocycles. The Morgan fingerprint density at radius 1 is 1.12 bits per heavy atom. The van der Waals surface area contributed by atoms with Crippen LogP contribution in [0, 0.1) is 6.92 Å². The van der Waals surface area contributed by atoms with E-state index in [0.29, 0.717) is 11.7 Å². The standard InChI is InChI=1S/C25H26N4OS2/c1-14(2)21-18-7-5-4-6-17(18)20-22-23(32-24(20)29-21)25(27-13-26-22)31-12-19(30)28-16-10-8-15(3)9-11-16/h8-11,13-14H,4-7,12H2,1-3H3,(H,28,30). The minimum Gasteiger partial charge on any atom is -0.325 e. The summed E-state index contributed by atoms with van der Waals surface area (Å²) in [6.07, 6.45) is 6.27. The molecule has 0 saturated carbocycles. The van der Waals surface area contributed by atoms with Crippen molar-refractivity contribution in [2.75, 3.05) is 11.1 Å². The predicted molar refractivity (Wildman–Crippen MR) is 134 cm³/mol. The number of nitrogens with one attached hydrogen (secondary N) is 1. The molecule has 1 amide bonds. The van der Waals surface area contributed by atoms with E-state index >= 15 is 0 Å². The van der Waals surface area contributed by atoms with Crippen LogP contribution in [-0.4, -0.2) is 26.6 Å². The lowest BCUT2D eigenvalue weighted by molar-refractivity contribution is -0.113. The van der Waals surface area contributed by atoms with E-state index in [4.69, 9.17) is 4.98 Å². The Bertz CT molecular complexity index is 1310. The van der Waals surface area contributed by atoms with Crippen LogP contribution in [0.3, 0.4) is 0 Å². The third-order valence-corrected chi connectivity index (χ3v) is 8.14. The Labute approximate surface area is 196 Å². The monoisotopic (exact) mass is 462 g/mol. The SMILES string of the molecule is Cc1ccc(NC(=O)CSc2ncnc3c2sc2nc(C(C)C)c4c(c23)CCCC4)cc1. The van der Waals surface area contributed by atoms with Crippen molar-refractivity contribution in [1.29, 1.82) is 0 Å². The Balaban J connectivity index is 1.47. The third kappa shape index (κ3) is 3.99. The Kier molecular flexibility index (Phi) is 5.86. The van der Waals surface area contributed by atoms with Crippen LogP contribution in [0.15, 0.2) is 35.6 Å². The highest BCUT2D eigenvalue weighted by molar-refractivity contribution is 8.00. The maximum Gasteiger partial charge on any atom is 0.234 e. The number of aromatic nitrogens is 3. The van der Waals surface area contributed by atoms with Gasteiger partial charge in [0.2, 0.25) is 5.91 Å². The molecule has 1 N–H and O–H groups in total. The number of carbonyl (C=O) groups excluding carboxylic acids is 1. The van der Waals surface area contributed by atoms with Gasteiger partial charge in [-0.2, -0.15) is 0 Å². The van der Waals surface area contributed by atoms with E-state index in [1.807, 2.05) is 31.2 Å². The molecular formula is C25H26N4OS2. The summed E-state index contributed by atoms with van der Waals surface area (Å²) in [6, 6.07) is 7.84. The lowest BCUT2D eigenvalue weighted by atomic mass is 9.86. The average molecular weight is 463 g/mol. The first-order valence-electron chi connectivity index (χ1n) is 11.1. The molecule has 0 radical (unpaired) electrons. The topological polar surface area (TPSA) is 67.8 Å². The van der Waals surface area contributed by atoms with Gasteiger partial charge in [0.1, 0.15) is 16.2 Å². The molecule has 0 spiro atoms. The number of carbonyl (C=O) groups is 1. The first-order valence-corrected chi connectivity index (χ1v) is 12.9. The Morgan fingerprint density at radius 3 is 2.62 bits per heavy atom. The van der Waals surface area contributed by atoms with E-state index < -0.39 is 0 Å². The number of aryl methyl sites for hydroxylation is 2. The van der Waals surface area contributed by atoms with Gasteiger partial charge in [0, 0.05) is 16.8 Å². The second-order valence-corrected chi connectivity index (χ2v) is 10.6. The molecule has 0 bridgehead atoms. The number of hydrogen-bond acceptors (Lipinski definition) is 6. The molecule has 1 aliphatic carbocycles. The first-order chi connectivity index (χ1) is 15.5. The van der Waals surface area contributed by atoms with Gasteiger partial charge in [0.25, 0.3) is 0 Å². The van der Waals surface area contributed by atoms with Crippen molar-refractivity contribution < 1.29 is 4.79 Å². The van der Waals surface area contributed by atoms with E-state index in [2.05, 4.69) is 29.1 Å². The minimum atomic E-state index is -0.0377. The first kappa shape index (κ1) is 21.3. The fraction of sp³-hybridized carbons (Fsp3) is 0.360. The van der Waals surface area contributed by atoms with E-state index in [1.165, 1.54) is 52.4 Å². The molecule has 0 atom stereocenters. The smallest absolute Gasteiger partial charge is 0.234 e. The lowest BCUT2D eigenvalue weighted by Crippen LogP contribution is -2.14. The maximum absolute atomic E-state index is 12.5. The Hall–Kier alpha value is -2.51. The summed E-state index contributed by atoms with van der Waals surface area (Å²) in [5, 5.41) is 5.02. The zero-order valence-corrected chi connectivity index (χ0v) is 20.2. The normalized spacial score (nSPS) is 13.6. The molecule has 164 valence electrons. The molecule has 32 heavy (non-hydrogen) atoms. The van der Waals surface area contributed by atoms with Crippen molar-refractivity contribution in [1.82, 2.24) is 15.0 Å². The molecule has 5 rings (SSSR count). The molecule has 1 aromatic carbocycles. The average Bonchev–Trinajstić information content (AvgIpc) is 3.18. The number of thiophene rings is 1. The minimum absolute atomic E-state index is 0.0377. The number of benzene rings is 1. The van der Waals surface area contributed by atoms with Crippen molar-refractivity contribution in [2.45, 2.75) is 57.4 Å². The number of thioether (sulfide) groups is 1. The predicted octanol–water partition coefficient (Wildman–Crippen LogP) is 6.28. The number of nitrogens with zero attached hydrogens (tertiary/aromatic N) is 3. The van der Waals surface area contributed by atoms with E-state index in [1.54, 1.807) is 17.7 Å². The van der Waals surface area contributed by atoms with Gasteiger partial charge in [0.05, 0.1) is 16.0 Å². The van der Waals surface area contributed by atoms with Gasteiger partial charge in [-0.1, -0.05) is 43.3 Å². The molecule has 1 aliphatic rings. The summed E-state index contributed by atoms with van der Waals surface area (Å²) in [5.41, 5.74) is 7.07. The largest absolute Gasteiger partial charge is 0.325 e. The van der Waals surface area contributed by atoms with Gasteiger partial charge in [-0.05, 0) is 61.8 Å². The van der Waals surface area contributed by atoms with Crippen LogP contribution in [0.1, 0.15) is 55.0 Å². The van der Waals surface area contributed by atoms with Gasteiger partial charge in [0.15, 0.2) is 0 Å². The summed E-state index contributed by atoms with van der Waals surface area (Å²) < 4.78 is 1.04. The van der Waals surface area contributed by atoms with Crippen LogP contribution in [0.5, 0.6) is 0 Å². The fourth-order valence-corrected chi connectivity index (χ4v) is 6.46. The number of pyridine rings is 1. The summed E-state index contributed by atoms with van der Waals surface area (Å²) in [6.45, 7) is 6.48. The van der Waals surface area contributed by atoms with Crippen LogP contribution < -0.4 is 5.32 Å². The van der Waals surface area contributed by atoms with E-state index in [0.717, 1.165) is 38.6 Å². The van der Waals surface area contributed by atoms with Crippen LogP contribution in [-0.2, 0) is 17.6 Å². The van der Waals surface area contributed by atoms with Gasteiger partial charge in [-0.15, -0.1) is 11.3 Å². The molecular weight excluding hydrogens is 436 g/mol. The molecule has 0 fully saturated rings. The van der Waals surface area contributed by atoms with Crippen molar-refractivity contribution in [3.8, 4) is 0 Å². The lowest BCUT2D eigenvalue weighted by Gasteiger charge is -2.21. The summed E-state index contributed by atoms with van der Waals surface area (Å²) in [5.74, 6) is 0.669. The summed E-state index contributed by atoms with van der Waals surface area (Å²) >= 11 is 3.12. The van der Waals surface area contributed by atoms with Gasteiger partial charge >= 0.3 is 0 Å². The second-order valence-electron chi connectivity index (χ2n) is 8.66. The van der Waals surface area contributed by atoms with Gasteiger partial charge < -0.3 is 5.32 Å². The van der Waals surface area contributed by atoms with E-state index in [-0.39, 0.29) is 5.91 Å². The summed E-state index contributed by atoms with van der Waals surface area (Å²) in [7, 11) is 0. The molecule has 7 heteroatoms. The molecule has 0 saturated heterocycles. The molecule has 3 heterocycles. The molecule has 5 nitrogen and oxygen atoms in total. The highest BCUT2D eigenvalue weighted by Crippen LogP contribution is 2.42. The number of amides is 1. The highest BCUT2D eigenvalue weighted by Gasteiger charge is 2.24. The van der Waals surface area contributed by atoms with Crippen LogP contribution in [0.2, 0.25) is 0 Å². The third-order valence-electron chi connectivity index (χ3n) is 5.94. The fourth-order valence-electron chi connectivity index (χ4n) is 4.42.